The molecule has 15 heteroatoms. The summed E-state index contributed by atoms with van der Waals surface area (Å²) in [5.74, 6) is -3.57. The Kier molecular flexibility index (Phi) is 9.81. The van der Waals surface area contributed by atoms with Crippen LogP contribution in [0.5, 0.6) is 5.75 Å². The number of halogens is 2. The van der Waals surface area contributed by atoms with Crippen LogP contribution in [-0.2, 0) is 29.3 Å². The smallest absolute Gasteiger partial charge is 0.431 e. The first-order chi connectivity index (χ1) is 17.8. The molecule has 38 heavy (non-hydrogen) atoms. The molecular formula is C23H29F2NO10P2. The van der Waals surface area contributed by atoms with Crippen LogP contribution >= 0.6 is 15.2 Å². The van der Waals surface area contributed by atoms with E-state index in [1.165, 1.54) is 24.5 Å². The van der Waals surface area contributed by atoms with Gasteiger partial charge >= 0.3 is 21.3 Å². The maximum Gasteiger partial charge on any atom is 0.514 e. The van der Waals surface area contributed by atoms with Crippen LogP contribution in [0.25, 0.3) is 0 Å². The number of benzene rings is 1. The van der Waals surface area contributed by atoms with Gasteiger partial charge in [-0.15, -0.1) is 0 Å². The topological polar surface area (TPSA) is 162 Å². The quantitative estimate of drug-likeness (QED) is 0.140. The number of carbonyl (C=O) groups is 1. The monoisotopic (exact) mass is 579 g/mol. The Labute approximate surface area is 217 Å². The molecule has 1 aromatic heterocycles. The highest BCUT2D eigenvalue weighted by molar-refractivity contribution is 7.73. The van der Waals surface area contributed by atoms with Crippen molar-refractivity contribution in [1.82, 2.24) is 4.98 Å². The largest absolute Gasteiger partial charge is 0.514 e. The molecule has 2 aromatic rings. The molecule has 0 radical (unpaired) electrons. The molecule has 2 heterocycles. The minimum absolute atomic E-state index is 0.0882. The average Bonchev–Trinajstić information content (AvgIpc) is 2.80. The zero-order valence-electron chi connectivity index (χ0n) is 20.7. The summed E-state index contributed by atoms with van der Waals surface area (Å²) in [5, 5.41) is 7.38. The third kappa shape index (κ3) is 6.84. The van der Waals surface area contributed by atoms with Gasteiger partial charge in [0, 0.05) is 30.9 Å². The fourth-order valence-corrected chi connectivity index (χ4v) is 7.28. The summed E-state index contributed by atoms with van der Waals surface area (Å²) in [4.78, 5) is 36.5. The zero-order chi connectivity index (χ0) is 28.1. The van der Waals surface area contributed by atoms with Gasteiger partial charge in [0.15, 0.2) is 0 Å². The molecule has 3 unspecified atom stereocenters. The summed E-state index contributed by atoms with van der Waals surface area (Å²) in [7, 11) is -10.9. The number of hydrogen-bond donors (Lipinski definition) is 3. The molecule has 1 fully saturated rings. The maximum absolute atomic E-state index is 14.8. The Morgan fingerprint density at radius 1 is 1.16 bits per heavy atom. The molecular weight excluding hydrogens is 550 g/mol. The number of hydrogen-bond acceptors (Lipinski definition) is 9. The van der Waals surface area contributed by atoms with Crippen LogP contribution < -0.4 is 4.74 Å². The van der Waals surface area contributed by atoms with Gasteiger partial charge in [0.2, 0.25) is 6.29 Å². The van der Waals surface area contributed by atoms with Crippen molar-refractivity contribution in [2.75, 3.05) is 0 Å². The lowest BCUT2D eigenvalue weighted by Gasteiger charge is -2.41. The second-order valence-corrected chi connectivity index (χ2v) is 13.2. The summed E-state index contributed by atoms with van der Waals surface area (Å²) in [6.45, 7) is 3.70. The summed E-state index contributed by atoms with van der Waals surface area (Å²) < 4.78 is 74.8. The molecule has 3 rings (SSSR count). The van der Waals surface area contributed by atoms with Crippen molar-refractivity contribution >= 4 is 21.3 Å². The van der Waals surface area contributed by atoms with E-state index in [1.54, 1.807) is 6.92 Å². The molecule has 0 spiro atoms. The van der Waals surface area contributed by atoms with Crippen LogP contribution in [0.1, 0.15) is 63.4 Å². The maximum atomic E-state index is 14.8. The van der Waals surface area contributed by atoms with Gasteiger partial charge in [-0.05, 0) is 31.4 Å². The second-order valence-electron chi connectivity index (χ2n) is 8.83. The number of aliphatic hydroxyl groups is 1. The van der Waals surface area contributed by atoms with E-state index < -0.39 is 68.2 Å². The first-order valence-electron chi connectivity index (χ1n) is 11.8. The van der Waals surface area contributed by atoms with E-state index in [0.29, 0.717) is 18.6 Å². The number of rotatable bonds is 10. The van der Waals surface area contributed by atoms with Gasteiger partial charge in [-0.25, -0.2) is 13.6 Å². The van der Waals surface area contributed by atoms with Crippen LogP contribution in [0.3, 0.4) is 0 Å². The van der Waals surface area contributed by atoms with E-state index in [4.69, 9.17) is 18.5 Å². The van der Waals surface area contributed by atoms with Gasteiger partial charge in [-0.3, -0.25) is 23.2 Å². The van der Waals surface area contributed by atoms with E-state index in [9.17, 15) is 37.6 Å². The summed E-state index contributed by atoms with van der Waals surface area (Å²) in [6.07, 6.45) is 1.90. The Balaban J connectivity index is 1.75. The number of aromatic nitrogens is 1. The van der Waals surface area contributed by atoms with Gasteiger partial charge in [0.1, 0.15) is 23.5 Å². The minimum Gasteiger partial charge on any atom is -0.431 e. The molecule has 1 aromatic carbocycles. The van der Waals surface area contributed by atoms with Crippen LogP contribution in [-0.4, -0.2) is 37.2 Å². The molecule has 0 saturated carbocycles. The van der Waals surface area contributed by atoms with Crippen molar-refractivity contribution in [3.05, 3.63) is 59.4 Å². The van der Waals surface area contributed by atoms with Gasteiger partial charge in [0.05, 0.1) is 5.56 Å². The Bertz CT molecular complexity index is 1180. The molecule has 0 amide bonds. The normalized spacial score (nSPS) is 28.0. The first kappa shape index (κ1) is 30.3. The highest BCUT2D eigenvalue weighted by Crippen LogP contribution is 2.79. The highest BCUT2D eigenvalue weighted by atomic mass is 31.2. The molecule has 1 saturated heterocycles. The lowest BCUT2D eigenvalue weighted by molar-refractivity contribution is -0.0614. The van der Waals surface area contributed by atoms with Crippen molar-refractivity contribution in [2.24, 2.45) is 0 Å². The molecule has 0 bridgehead atoms. The van der Waals surface area contributed by atoms with Crippen molar-refractivity contribution in [3.63, 3.8) is 0 Å². The standard InChI is InChI=1S/C23H29F2NO10P2/c1-3-4-5-6-8-15(2)33-22(27)34-17-11-18(24)20(19(25)12-17)21-35-37(29,30)23(28,38(31,32)36-21)13-16-9-7-10-26-14-16/h7,9-12,14-15,21,28H,3-6,8,13H2,1-2H3,(H,29,30)(H,31,32). The lowest BCUT2D eigenvalue weighted by Crippen LogP contribution is -2.38. The molecule has 1 aliphatic heterocycles. The van der Waals surface area contributed by atoms with Crippen LogP contribution in [0.15, 0.2) is 36.7 Å². The number of pyridine rings is 1. The fraction of sp³-hybridized carbons (Fsp3) is 0.478. The fourth-order valence-electron chi connectivity index (χ4n) is 3.74. The van der Waals surface area contributed by atoms with Crippen molar-refractivity contribution in [3.8, 4) is 5.75 Å². The molecule has 1 aliphatic rings. The third-order valence-corrected chi connectivity index (χ3v) is 10.4. The third-order valence-electron chi connectivity index (χ3n) is 5.80. The average molecular weight is 579 g/mol. The minimum atomic E-state index is -5.47. The van der Waals surface area contributed by atoms with Crippen LogP contribution in [0, 0.1) is 11.6 Å². The Morgan fingerprint density at radius 3 is 2.34 bits per heavy atom. The van der Waals surface area contributed by atoms with Gasteiger partial charge in [-0.2, -0.15) is 0 Å². The number of ether oxygens (including phenoxy) is 2. The Morgan fingerprint density at radius 2 is 1.79 bits per heavy atom. The van der Waals surface area contributed by atoms with E-state index >= 15 is 0 Å². The van der Waals surface area contributed by atoms with Crippen LogP contribution in [0.2, 0.25) is 0 Å². The van der Waals surface area contributed by atoms with E-state index in [-0.39, 0.29) is 5.56 Å². The summed E-state index contributed by atoms with van der Waals surface area (Å²) in [5.41, 5.74) is -1.06. The number of carbonyl (C=O) groups excluding carboxylic acids is 1. The molecule has 3 atom stereocenters. The molecule has 210 valence electrons. The number of nitrogens with zero attached hydrogens (tertiary/aromatic N) is 1. The Hall–Kier alpha value is -2.24. The molecule has 11 nitrogen and oxygen atoms in total. The molecule has 3 N–H and O–H groups in total. The molecule has 0 aliphatic carbocycles. The predicted octanol–water partition coefficient (Wildman–Crippen LogP) is 5.54. The van der Waals surface area contributed by atoms with Crippen molar-refractivity contribution in [2.45, 2.75) is 69.8 Å². The van der Waals surface area contributed by atoms with Gasteiger partial charge in [-0.1, -0.05) is 32.3 Å². The first-order valence-corrected chi connectivity index (χ1v) is 15.0. The van der Waals surface area contributed by atoms with E-state index in [2.05, 4.69) is 11.9 Å². The summed E-state index contributed by atoms with van der Waals surface area (Å²) in [6, 6.07) is 3.85. The second kappa shape index (κ2) is 12.3. The van der Waals surface area contributed by atoms with Crippen molar-refractivity contribution in [1.29, 1.82) is 0 Å². The lowest BCUT2D eigenvalue weighted by atomic mass is 10.1. The SMILES string of the molecule is CCCCCCC(C)OC(=O)Oc1cc(F)c(C2OP(=O)(O)C(O)(Cc3cccnc3)P(=O)(O)O2)c(F)c1. The zero-order valence-corrected chi connectivity index (χ0v) is 22.4. The number of unbranched alkanes of at least 4 members (excludes halogenated alkanes) is 3. The van der Waals surface area contributed by atoms with Crippen molar-refractivity contribution < 1.29 is 56.1 Å². The van der Waals surface area contributed by atoms with E-state index in [1.807, 2.05) is 0 Å². The predicted molar refractivity (Wildman–Crippen MR) is 129 cm³/mol. The van der Waals surface area contributed by atoms with E-state index in [0.717, 1.165) is 25.7 Å². The van der Waals surface area contributed by atoms with Gasteiger partial charge in [0.25, 0.3) is 5.08 Å². The highest BCUT2D eigenvalue weighted by Gasteiger charge is 2.67. The van der Waals surface area contributed by atoms with Gasteiger partial charge < -0.3 is 24.4 Å². The van der Waals surface area contributed by atoms with Crippen LogP contribution in [0.4, 0.5) is 13.6 Å². The summed E-state index contributed by atoms with van der Waals surface area (Å²) >= 11 is 0.